The van der Waals surface area contributed by atoms with Gasteiger partial charge in [-0.2, -0.15) is 0 Å². The van der Waals surface area contributed by atoms with Crippen molar-refractivity contribution in [3.05, 3.63) is 102 Å². The lowest BCUT2D eigenvalue weighted by molar-refractivity contribution is -0.120. The van der Waals surface area contributed by atoms with Crippen LogP contribution in [-0.2, 0) is 9.59 Å². The zero-order valence-corrected chi connectivity index (χ0v) is 14.8. The molecule has 3 aromatic rings. The number of benzene rings is 3. The summed E-state index contributed by atoms with van der Waals surface area (Å²) in [5, 5.41) is 2.76. The predicted octanol–water partition coefficient (Wildman–Crippen LogP) is 4.50. The predicted molar refractivity (Wildman–Crippen MR) is 102 cm³/mol. The molecule has 0 aliphatic carbocycles. The quantitative estimate of drug-likeness (QED) is 0.663. The van der Waals surface area contributed by atoms with Gasteiger partial charge in [-0.3, -0.25) is 9.59 Å². The zero-order chi connectivity index (χ0) is 20.5. The van der Waals surface area contributed by atoms with Gasteiger partial charge in [0, 0.05) is 5.69 Å². The number of carbonyl (C=O) groups is 2. The number of para-hydroxylation sites is 1. The molecular formula is C22H13F3N2O2. The summed E-state index contributed by atoms with van der Waals surface area (Å²) >= 11 is 0. The summed E-state index contributed by atoms with van der Waals surface area (Å²) in [6.45, 7) is 0. The monoisotopic (exact) mass is 394 g/mol. The van der Waals surface area contributed by atoms with Crippen molar-refractivity contribution in [2.24, 2.45) is 0 Å². The van der Waals surface area contributed by atoms with Crippen molar-refractivity contribution in [2.75, 3.05) is 10.2 Å². The molecule has 0 spiro atoms. The summed E-state index contributed by atoms with van der Waals surface area (Å²) in [7, 11) is 0. The third-order valence-corrected chi connectivity index (χ3v) is 4.40. The van der Waals surface area contributed by atoms with E-state index in [0.29, 0.717) is 4.90 Å². The number of nitrogens with one attached hydrogen (secondary N) is 1. The van der Waals surface area contributed by atoms with Gasteiger partial charge in [0.1, 0.15) is 23.1 Å². The fourth-order valence-corrected chi connectivity index (χ4v) is 3.09. The van der Waals surface area contributed by atoms with Crippen molar-refractivity contribution in [2.45, 2.75) is 0 Å². The highest BCUT2D eigenvalue weighted by Crippen LogP contribution is 2.34. The molecule has 29 heavy (non-hydrogen) atoms. The minimum Gasteiger partial charge on any atom is -0.350 e. The average Bonchev–Trinajstić information content (AvgIpc) is 2.93. The largest absolute Gasteiger partial charge is 0.350 e. The summed E-state index contributed by atoms with van der Waals surface area (Å²) in [5.74, 6) is -3.38. The van der Waals surface area contributed by atoms with Gasteiger partial charge in [-0.1, -0.05) is 30.3 Å². The van der Waals surface area contributed by atoms with Crippen molar-refractivity contribution in [1.29, 1.82) is 0 Å². The minimum atomic E-state index is -0.802. The highest BCUT2D eigenvalue weighted by atomic mass is 19.1. The maximum absolute atomic E-state index is 14.3. The van der Waals surface area contributed by atoms with Crippen LogP contribution in [0.5, 0.6) is 0 Å². The first kappa shape index (κ1) is 18.5. The van der Waals surface area contributed by atoms with Gasteiger partial charge in [0.15, 0.2) is 0 Å². The molecule has 1 heterocycles. The van der Waals surface area contributed by atoms with Crippen LogP contribution in [0, 0.1) is 17.5 Å². The van der Waals surface area contributed by atoms with Crippen LogP contribution in [0.1, 0.15) is 5.56 Å². The Morgan fingerprint density at radius 1 is 0.724 bits per heavy atom. The molecule has 0 fully saturated rings. The summed E-state index contributed by atoms with van der Waals surface area (Å²) in [4.78, 5) is 26.9. The molecule has 0 saturated carbocycles. The van der Waals surface area contributed by atoms with Crippen LogP contribution in [0.4, 0.5) is 24.5 Å². The molecule has 1 aliphatic rings. The molecule has 0 radical (unpaired) electrons. The van der Waals surface area contributed by atoms with E-state index in [0.717, 1.165) is 24.3 Å². The van der Waals surface area contributed by atoms with E-state index in [-0.39, 0.29) is 28.2 Å². The zero-order valence-electron chi connectivity index (χ0n) is 14.8. The Labute approximate surface area is 163 Å². The van der Waals surface area contributed by atoms with Gasteiger partial charge in [0.05, 0.1) is 11.3 Å². The molecule has 0 atom stereocenters. The molecule has 1 aliphatic heterocycles. The summed E-state index contributed by atoms with van der Waals surface area (Å²) < 4.78 is 41.2. The van der Waals surface area contributed by atoms with E-state index in [1.165, 1.54) is 48.5 Å². The van der Waals surface area contributed by atoms with E-state index < -0.39 is 29.3 Å². The maximum atomic E-state index is 14.3. The second-order valence-corrected chi connectivity index (χ2v) is 6.29. The number of imide groups is 1. The Hall–Kier alpha value is -3.87. The summed E-state index contributed by atoms with van der Waals surface area (Å²) in [5.41, 5.74) is 0.0646. The maximum Gasteiger partial charge on any atom is 0.282 e. The van der Waals surface area contributed by atoms with Crippen LogP contribution in [0.25, 0.3) is 5.57 Å². The van der Waals surface area contributed by atoms with Crippen molar-refractivity contribution >= 4 is 28.8 Å². The first-order chi connectivity index (χ1) is 14.0. The highest BCUT2D eigenvalue weighted by molar-refractivity contribution is 6.46. The van der Waals surface area contributed by atoms with Gasteiger partial charge in [0.2, 0.25) is 0 Å². The van der Waals surface area contributed by atoms with Gasteiger partial charge in [-0.05, 0) is 48.0 Å². The van der Waals surface area contributed by atoms with E-state index in [1.807, 2.05) is 0 Å². The molecule has 0 unspecified atom stereocenters. The number of amides is 2. The van der Waals surface area contributed by atoms with Gasteiger partial charge in [0.25, 0.3) is 11.8 Å². The van der Waals surface area contributed by atoms with Crippen LogP contribution in [0.3, 0.4) is 0 Å². The van der Waals surface area contributed by atoms with Crippen molar-refractivity contribution in [1.82, 2.24) is 0 Å². The number of halogens is 3. The Morgan fingerprint density at radius 3 is 2.14 bits per heavy atom. The second kappa shape index (κ2) is 7.27. The number of hydrogen-bond acceptors (Lipinski definition) is 3. The van der Waals surface area contributed by atoms with Crippen LogP contribution in [-0.4, -0.2) is 11.8 Å². The van der Waals surface area contributed by atoms with Crippen LogP contribution < -0.4 is 10.2 Å². The van der Waals surface area contributed by atoms with Gasteiger partial charge in [-0.15, -0.1) is 0 Å². The van der Waals surface area contributed by atoms with Crippen molar-refractivity contribution < 1.29 is 22.8 Å². The highest BCUT2D eigenvalue weighted by Gasteiger charge is 2.41. The third kappa shape index (κ3) is 3.38. The van der Waals surface area contributed by atoms with Crippen molar-refractivity contribution in [3.63, 3.8) is 0 Å². The molecule has 3 aromatic carbocycles. The van der Waals surface area contributed by atoms with Crippen LogP contribution in [0.2, 0.25) is 0 Å². The fourth-order valence-electron chi connectivity index (χ4n) is 3.09. The standard InChI is InChI=1S/C22H13F3N2O2/c23-14-10-8-13(9-11-14)19-20(26-16-5-3-4-15(24)12-16)22(29)27(21(19)28)18-7-2-1-6-17(18)25/h1-12,26H. The van der Waals surface area contributed by atoms with Gasteiger partial charge in [-0.25, -0.2) is 18.1 Å². The summed E-state index contributed by atoms with van der Waals surface area (Å²) in [6, 6.07) is 15.7. The molecule has 1 N–H and O–H groups in total. The molecular weight excluding hydrogens is 381 g/mol. The number of carbonyl (C=O) groups excluding carboxylic acids is 2. The molecule has 4 rings (SSSR count). The van der Waals surface area contributed by atoms with E-state index >= 15 is 0 Å². The van der Waals surface area contributed by atoms with Gasteiger partial charge < -0.3 is 5.32 Å². The van der Waals surface area contributed by atoms with E-state index in [9.17, 15) is 22.8 Å². The lowest BCUT2D eigenvalue weighted by Crippen LogP contribution is -2.33. The van der Waals surface area contributed by atoms with E-state index in [1.54, 1.807) is 0 Å². The summed E-state index contributed by atoms with van der Waals surface area (Å²) in [6.07, 6.45) is 0. The number of anilines is 2. The SMILES string of the molecule is O=C1C(Nc2cccc(F)c2)=C(c2ccc(F)cc2)C(=O)N1c1ccccc1F. The Bertz CT molecular complexity index is 1160. The van der Waals surface area contributed by atoms with Gasteiger partial charge >= 0.3 is 0 Å². The minimum absolute atomic E-state index is 0.0671. The van der Waals surface area contributed by atoms with Crippen LogP contribution >= 0.6 is 0 Å². The number of rotatable bonds is 4. The molecule has 0 saturated heterocycles. The normalized spacial score (nSPS) is 14.0. The molecule has 0 aromatic heterocycles. The third-order valence-electron chi connectivity index (χ3n) is 4.40. The first-order valence-electron chi connectivity index (χ1n) is 8.62. The van der Waals surface area contributed by atoms with E-state index in [4.69, 9.17) is 0 Å². The first-order valence-corrected chi connectivity index (χ1v) is 8.62. The Balaban J connectivity index is 1.85. The van der Waals surface area contributed by atoms with Crippen molar-refractivity contribution in [3.8, 4) is 0 Å². The fraction of sp³-hybridized carbons (Fsp3) is 0. The lowest BCUT2D eigenvalue weighted by Gasteiger charge is -2.16. The smallest absolute Gasteiger partial charge is 0.282 e. The van der Waals surface area contributed by atoms with Crippen LogP contribution in [0.15, 0.2) is 78.5 Å². The Morgan fingerprint density at radius 2 is 1.45 bits per heavy atom. The second-order valence-electron chi connectivity index (χ2n) is 6.29. The lowest BCUT2D eigenvalue weighted by atomic mass is 10.0. The number of nitrogens with zero attached hydrogens (tertiary/aromatic N) is 1. The molecule has 7 heteroatoms. The molecule has 144 valence electrons. The molecule has 4 nitrogen and oxygen atoms in total. The average molecular weight is 394 g/mol. The van der Waals surface area contributed by atoms with E-state index in [2.05, 4.69) is 5.32 Å². The Kier molecular flexibility index (Phi) is 4.64. The topological polar surface area (TPSA) is 49.4 Å². The molecule has 0 bridgehead atoms. The molecule has 2 amide bonds. The number of hydrogen-bond donors (Lipinski definition) is 1.